The molecule has 8 heteroatoms. The first-order valence-corrected chi connectivity index (χ1v) is 10.7. The standard InChI is InChI=1S/C21H22FN5OS/c1-29-21-24-14-19(27(21)18-6-4-17(22)5-7-18)20(28)26-11-9-25(10-12-26)15-16-3-2-8-23-13-16/h2-8,13-14H,9-12,15H2,1H3. The maximum absolute atomic E-state index is 13.3. The topological polar surface area (TPSA) is 54.3 Å². The van der Waals surface area contributed by atoms with E-state index in [0.29, 0.717) is 23.9 Å². The second-order valence-electron chi connectivity index (χ2n) is 6.87. The summed E-state index contributed by atoms with van der Waals surface area (Å²) in [7, 11) is 0. The van der Waals surface area contributed by atoms with E-state index in [9.17, 15) is 9.18 Å². The predicted molar refractivity (Wildman–Crippen MR) is 111 cm³/mol. The van der Waals surface area contributed by atoms with Crippen LogP contribution in [0.1, 0.15) is 16.1 Å². The molecule has 4 rings (SSSR count). The average Bonchev–Trinajstić information content (AvgIpc) is 3.19. The molecule has 3 aromatic rings. The van der Waals surface area contributed by atoms with Crippen LogP contribution in [0.2, 0.25) is 0 Å². The van der Waals surface area contributed by atoms with Crippen LogP contribution in [0, 0.1) is 5.82 Å². The van der Waals surface area contributed by atoms with Crippen molar-refractivity contribution in [3.8, 4) is 5.69 Å². The van der Waals surface area contributed by atoms with Crippen LogP contribution >= 0.6 is 11.8 Å². The van der Waals surface area contributed by atoms with E-state index in [0.717, 1.165) is 25.3 Å². The van der Waals surface area contributed by atoms with Gasteiger partial charge in [0.1, 0.15) is 11.5 Å². The number of hydrogen-bond acceptors (Lipinski definition) is 5. The Labute approximate surface area is 173 Å². The molecule has 0 saturated carbocycles. The molecule has 0 radical (unpaired) electrons. The van der Waals surface area contributed by atoms with E-state index in [-0.39, 0.29) is 11.7 Å². The van der Waals surface area contributed by atoms with Crippen LogP contribution in [0.15, 0.2) is 60.1 Å². The fourth-order valence-electron chi connectivity index (χ4n) is 3.49. The monoisotopic (exact) mass is 411 g/mol. The second kappa shape index (κ2) is 8.75. The number of nitrogens with zero attached hydrogens (tertiary/aromatic N) is 5. The summed E-state index contributed by atoms with van der Waals surface area (Å²) in [6, 6.07) is 10.1. The minimum absolute atomic E-state index is 0.0526. The van der Waals surface area contributed by atoms with Crippen molar-refractivity contribution in [3.05, 3.63) is 72.1 Å². The lowest BCUT2D eigenvalue weighted by Gasteiger charge is -2.34. The van der Waals surface area contributed by atoms with Gasteiger partial charge in [-0.05, 0) is 42.2 Å². The summed E-state index contributed by atoms with van der Waals surface area (Å²) in [5.74, 6) is -0.361. The third-order valence-electron chi connectivity index (χ3n) is 5.00. The minimum Gasteiger partial charge on any atom is -0.335 e. The van der Waals surface area contributed by atoms with E-state index < -0.39 is 0 Å². The third-order valence-corrected chi connectivity index (χ3v) is 5.66. The number of carbonyl (C=O) groups excluding carboxylic acids is 1. The van der Waals surface area contributed by atoms with Gasteiger partial charge in [-0.15, -0.1) is 0 Å². The van der Waals surface area contributed by atoms with Gasteiger partial charge in [0.2, 0.25) is 0 Å². The number of amides is 1. The van der Waals surface area contributed by atoms with E-state index in [1.165, 1.54) is 29.5 Å². The second-order valence-corrected chi connectivity index (χ2v) is 7.64. The van der Waals surface area contributed by atoms with Gasteiger partial charge in [-0.3, -0.25) is 19.2 Å². The van der Waals surface area contributed by atoms with Crippen molar-refractivity contribution in [1.82, 2.24) is 24.3 Å². The molecule has 1 aliphatic rings. The zero-order valence-electron chi connectivity index (χ0n) is 16.2. The lowest BCUT2D eigenvalue weighted by Crippen LogP contribution is -2.48. The van der Waals surface area contributed by atoms with Crippen LogP contribution in [0.25, 0.3) is 5.69 Å². The van der Waals surface area contributed by atoms with E-state index >= 15 is 0 Å². The van der Waals surface area contributed by atoms with E-state index in [4.69, 9.17) is 0 Å². The van der Waals surface area contributed by atoms with Gasteiger partial charge in [0.25, 0.3) is 5.91 Å². The summed E-state index contributed by atoms with van der Waals surface area (Å²) in [4.78, 5) is 25.9. The Bertz CT molecular complexity index is 968. The smallest absolute Gasteiger partial charge is 0.272 e. The fraction of sp³-hybridized carbons (Fsp3) is 0.286. The first-order chi connectivity index (χ1) is 14.2. The molecule has 1 saturated heterocycles. The number of piperazine rings is 1. The molecule has 6 nitrogen and oxygen atoms in total. The molecule has 1 aromatic carbocycles. The number of benzene rings is 1. The molecule has 0 N–H and O–H groups in total. The first kappa shape index (κ1) is 19.6. The van der Waals surface area contributed by atoms with E-state index in [1.54, 1.807) is 29.1 Å². The third kappa shape index (κ3) is 4.33. The summed E-state index contributed by atoms with van der Waals surface area (Å²) in [5.41, 5.74) is 2.40. The van der Waals surface area contributed by atoms with Crippen molar-refractivity contribution in [2.75, 3.05) is 32.4 Å². The molecule has 0 bridgehead atoms. The molecule has 150 valence electrons. The van der Waals surface area contributed by atoms with Crippen LogP contribution in [-0.4, -0.2) is 62.7 Å². The number of hydrogen-bond donors (Lipinski definition) is 0. The van der Waals surface area contributed by atoms with Gasteiger partial charge in [0, 0.05) is 50.8 Å². The Morgan fingerprint density at radius 2 is 1.86 bits per heavy atom. The first-order valence-electron chi connectivity index (χ1n) is 9.44. The summed E-state index contributed by atoms with van der Waals surface area (Å²) < 4.78 is 15.1. The van der Waals surface area contributed by atoms with Crippen LogP contribution in [0.3, 0.4) is 0 Å². The number of imidazole rings is 1. The lowest BCUT2D eigenvalue weighted by atomic mass is 10.2. The minimum atomic E-state index is -0.308. The molecule has 3 heterocycles. The highest BCUT2D eigenvalue weighted by Gasteiger charge is 2.26. The van der Waals surface area contributed by atoms with Crippen molar-refractivity contribution in [1.29, 1.82) is 0 Å². The lowest BCUT2D eigenvalue weighted by molar-refractivity contribution is 0.0620. The zero-order chi connectivity index (χ0) is 20.2. The molecule has 29 heavy (non-hydrogen) atoms. The number of carbonyl (C=O) groups is 1. The largest absolute Gasteiger partial charge is 0.335 e. The SMILES string of the molecule is CSc1ncc(C(=O)N2CCN(Cc3cccnc3)CC2)n1-c1ccc(F)cc1. The van der Waals surface area contributed by atoms with Crippen LogP contribution < -0.4 is 0 Å². The fourth-order valence-corrected chi connectivity index (χ4v) is 4.03. The Morgan fingerprint density at radius 3 is 2.52 bits per heavy atom. The predicted octanol–water partition coefficient (Wildman–Crippen LogP) is 3.09. The van der Waals surface area contributed by atoms with Gasteiger partial charge in [0.15, 0.2) is 5.16 Å². The Kier molecular flexibility index (Phi) is 5.92. The summed E-state index contributed by atoms with van der Waals surface area (Å²) in [5, 5.41) is 0.704. The number of halogens is 1. The van der Waals surface area contributed by atoms with Crippen molar-refractivity contribution in [3.63, 3.8) is 0 Å². The van der Waals surface area contributed by atoms with Crippen LogP contribution in [0.4, 0.5) is 4.39 Å². The Hall–Kier alpha value is -2.71. The molecular weight excluding hydrogens is 389 g/mol. The normalized spacial score (nSPS) is 14.9. The molecular formula is C21H22FN5OS. The van der Waals surface area contributed by atoms with Crippen molar-refractivity contribution < 1.29 is 9.18 Å². The van der Waals surface area contributed by atoms with Gasteiger partial charge >= 0.3 is 0 Å². The van der Waals surface area contributed by atoms with Gasteiger partial charge in [-0.2, -0.15) is 0 Å². The number of pyridine rings is 1. The summed E-state index contributed by atoms with van der Waals surface area (Å²) in [6.45, 7) is 3.76. The van der Waals surface area contributed by atoms with E-state index in [1.807, 2.05) is 23.4 Å². The molecule has 0 aliphatic carbocycles. The van der Waals surface area contributed by atoms with Gasteiger partial charge in [0.05, 0.1) is 6.20 Å². The molecule has 0 spiro atoms. The number of rotatable bonds is 5. The summed E-state index contributed by atoms with van der Waals surface area (Å²) in [6.07, 6.45) is 7.17. The maximum atomic E-state index is 13.3. The maximum Gasteiger partial charge on any atom is 0.272 e. The van der Waals surface area contributed by atoms with Crippen LogP contribution in [-0.2, 0) is 6.54 Å². The van der Waals surface area contributed by atoms with Gasteiger partial charge in [-0.1, -0.05) is 17.8 Å². The van der Waals surface area contributed by atoms with Gasteiger partial charge < -0.3 is 4.90 Å². The van der Waals surface area contributed by atoms with Crippen molar-refractivity contribution >= 4 is 17.7 Å². The Balaban J connectivity index is 1.48. The summed E-state index contributed by atoms with van der Waals surface area (Å²) >= 11 is 1.45. The number of aromatic nitrogens is 3. The van der Waals surface area contributed by atoms with Crippen LogP contribution in [0.5, 0.6) is 0 Å². The zero-order valence-corrected chi connectivity index (χ0v) is 17.0. The van der Waals surface area contributed by atoms with Crippen molar-refractivity contribution in [2.45, 2.75) is 11.7 Å². The van der Waals surface area contributed by atoms with E-state index in [2.05, 4.69) is 20.9 Å². The number of thioether (sulfide) groups is 1. The van der Waals surface area contributed by atoms with Gasteiger partial charge in [-0.25, -0.2) is 9.37 Å². The quantitative estimate of drug-likeness (QED) is 0.604. The molecule has 1 amide bonds. The van der Waals surface area contributed by atoms with Crippen molar-refractivity contribution in [2.24, 2.45) is 0 Å². The average molecular weight is 412 g/mol. The highest BCUT2D eigenvalue weighted by molar-refractivity contribution is 7.98. The molecule has 1 fully saturated rings. The molecule has 1 aliphatic heterocycles. The molecule has 0 unspecified atom stereocenters. The molecule has 2 aromatic heterocycles. The highest BCUT2D eigenvalue weighted by atomic mass is 32.2. The molecule has 0 atom stereocenters. The highest BCUT2D eigenvalue weighted by Crippen LogP contribution is 2.23. The Morgan fingerprint density at radius 1 is 1.10 bits per heavy atom.